The Morgan fingerprint density at radius 1 is 1.00 bits per heavy atom. The van der Waals surface area contributed by atoms with Crippen molar-refractivity contribution in [3.63, 3.8) is 0 Å². The van der Waals surface area contributed by atoms with Crippen LogP contribution in [0.1, 0.15) is 15.9 Å². The van der Waals surface area contributed by atoms with E-state index in [-0.39, 0.29) is 0 Å². The van der Waals surface area contributed by atoms with Crippen molar-refractivity contribution in [1.82, 2.24) is 15.4 Å². The molecule has 0 unspecified atom stereocenters. The summed E-state index contributed by atoms with van der Waals surface area (Å²) in [5.41, 5.74) is 7.97. The van der Waals surface area contributed by atoms with Gasteiger partial charge in [0.25, 0.3) is 5.91 Å². The van der Waals surface area contributed by atoms with E-state index in [1.165, 1.54) is 0 Å². The van der Waals surface area contributed by atoms with Crippen molar-refractivity contribution in [2.24, 2.45) is 0 Å². The lowest BCUT2D eigenvalue weighted by atomic mass is 9.96. The van der Waals surface area contributed by atoms with Gasteiger partial charge in [0.05, 0.1) is 11.0 Å². The van der Waals surface area contributed by atoms with Crippen LogP contribution in [0, 0.1) is 6.92 Å². The van der Waals surface area contributed by atoms with Crippen LogP contribution in [0.15, 0.2) is 66.7 Å². The first kappa shape index (κ1) is 16.1. The second-order valence-electron chi connectivity index (χ2n) is 6.10. The number of benzene rings is 3. The van der Waals surface area contributed by atoms with Crippen molar-refractivity contribution < 1.29 is 10.0 Å². The number of amides is 1. The number of carbonyl (C=O) groups excluding carboxylic acids is 1. The molecule has 1 amide bonds. The molecule has 0 bridgehead atoms. The molecule has 0 saturated heterocycles. The summed E-state index contributed by atoms with van der Waals surface area (Å²) in [5, 5.41) is 8.79. The number of hydrogen-bond donors (Lipinski definition) is 3. The number of fused-ring (bicyclic) bond motifs is 1. The Hall–Kier alpha value is -3.44. The van der Waals surface area contributed by atoms with Gasteiger partial charge in [-0.3, -0.25) is 10.0 Å². The van der Waals surface area contributed by atoms with Crippen molar-refractivity contribution in [1.29, 1.82) is 0 Å². The molecule has 128 valence electrons. The molecular weight excluding hydrogens is 326 g/mol. The summed E-state index contributed by atoms with van der Waals surface area (Å²) in [6.07, 6.45) is 0. The standard InChI is InChI=1S/C21H17N3O2/c1-13-16(14-6-3-2-4-7-14)8-5-9-17(13)20-22-18-11-10-15(21(25)24-26)12-19(18)23-20/h2-12,26H,1H3,(H,22,23)(H,24,25). The van der Waals surface area contributed by atoms with Crippen LogP contribution in [0.2, 0.25) is 0 Å². The van der Waals surface area contributed by atoms with Crippen molar-refractivity contribution >= 4 is 16.9 Å². The molecule has 0 fully saturated rings. The van der Waals surface area contributed by atoms with Gasteiger partial charge in [0, 0.05) is 11.1 Å². The van der Waals surface area contributed by atoms with Crippen LogP contribution in [-0.2, 0) is 0 Å². The van der Waals surface area contributed by atoms with E-state index in [2.05, 4.69) is 35.1 Å². The average molecular weight is 343 g/mol. The largest absolute Gasteiger partial charge is 0.338 e. The van der Waals surface area contributed by atoms with Gasteiger partial charge in [0.15, 0.2) is 0 Å². The Kier molecular flexibility index (Phi) is 3.99. The van der Waals surface area contributed by atoms with Gasteiger partial charge in [0.2, 0.25) is 0 Å². The number of aromatic nitrogens is 2. The smallest absolute Gasteiger partial charge is 0.274 e. The van der Waals surface area contributed by atoms with Gasteiger partial charge < -0.3 is 4.98 Å². The van der Waals surface area contributed by atoms with E-state index in [4.69, 9.17) is 5.21 Å². The zero-order valence-corrected chi connectivity index (χ0v) is 14.2. The molecule has 4 aromatic rings. The molecule has 1 aromatic heterocycles. The van der Waals surface area contributed by atoms with Crippen molar-refractivity contribution in [3.8, 4) is 22.5 Å². The van der Waals surface area contributed by atoms with Crippen LogP contribution >= 0.6 is 0 Å². The van der Waals surface area contributed by atoms with Gasteiger partial charge in [0.1, 0.15) is 5.82 Å². The first-order valence-electron chi connectivity index (χ1n) is 8.27. The Morgan fingerprint density at radius 2 is 1.77 bits per heavy atom. The third-order valence-corrected chi connectivity index (χ3v) is 4.52. The molecule has 4 rings (SSSR count). The molecule has 0 saturated carbocycles. The molecule has 0 aliphatic heterocycles. The number of hydrogen-bond acceptors (Lipinski definition) is 3. The molecule has 3 aromatic carbocycles. The normalized spacial score (nSPS) is 10.8. The summed E-state index contributed by atoms with van der Waals surface area (Å²) in [6, 6.07) is 21.4. The maximum atomic E-state index is 11.6. The summed E-state index contributed by atoms with van der Waals surface area (Å²) >= 11 is 0. The maximum absolute atomic E-state index is 11.6. The Labute approximate surface area is 150 Å². The number of nitrogens with one attached hydrogen (secondary N) is 2. The van der Waals surface area contributed by atoms with Crippen LogP contribution < -0.4 is 5.48 Å². The Bertz CT molecular complexity index is 1100. The summed E-state index contributed by atoms with van der Waals surface area (Å²) in [5.74, 6) is 0.196. The van der Waals surface area contributed by atoms with Crippen LogP contribution in [0.25, 0.3) is 33.5 Å². The predicted molar refractivity (Wildman–Crippen MR) is 101 cm³/mol. The SMILES string of the molecule is Cc1c(-c2ccccc2)cccc1-c1nc2ccc(C(=O)NO)cc2[nH]1. The minimum absolute atomic E-state index is 0.366. The third-order valence-electron chi connectivity index (χ3n) is 4.52. The molecule has 0 aliphatic rings. The van der Waals surface area contributed by atoms with Gasteiger partial charge in [-0.25, -0.2) is 10.5 Å². The molecule has 3 N–H and O–H groups in total. The summed E-state index contributed by atoms with van der Waals surface area (Å²) in [7, 11) is 0. The predicted octanol–water partition coefficient (Wildman–Crippen LogP) is 4.32. The highest BCUT2D eigenvalue weighted by molar-refractivity contribution is 5.97. The van der Waals surface area contributed by atoms with Crippen molar-refractivity contribution in [2.75, 3.05) is 0 Å². The van der Waals surface area contributed by atoms with E-state index >= 15 is 0 Å². The van der Waals surface area contributed by atoms with E-state index in [1.807, 2.05) is 30.3 Å². The van der Waals surface area contributed by atoms with Crippen LogP contribution in [-0.4, -0.2) is 21.1 Å². The van der Waals surface area contributed by atoms with Gasteiger partial charge in [-0.15, -0.1) is 0 Å². The molecule has 0 aliphatic carbocycles. The molecule has 0 atom stereocenters. The zero-order chi connectivity index (χ0) is 18.1. The highest BCUT2D eigenvalue weighted by Gasteiger charge is 2.13. The van der Waals surface area contributed by atoms with Gasteiger partial charge in [-0.1, -0.05) is 48.5 Å². The Morgan fingerprint density at radius 3 is 2.54 bits per heavy atom. The van der Waals surface area contributed by atoms with Crippen LogP contribution in [0.4, 0.5) is 0 Å². The highest BCUT2D eigenvalue weighted by Crippen LogP contribution is 2.31. The van der Waals surface area contributed by atoms with E-state index < -0.39 is 5.91 Å². The van der Waals surface area contributed by atoms with Gasteiger partial charge in [-0.05, 0) is 41.8 Å². The molecular formula is C21H17N3O2. The number of hydroxylamine groups is 1. The third kappa shape index (κ3) is 2.74. The van der Waals surface area contributed by atoms with Crippen molar-refractivity contribution in [3.05, 3.63) is 77.9 Å². The Balaban J connectivity index is 1.82. The summed E-state index contributed by atoms with van der Waals surface area (Å²) in [6.45, 7) is 2.08. The number of carbonyl (C=O) groups is 1. The van der Waals surface area contributed by atoms with Crippen molar-refractivity contribution in [2.45, 2.75) is 6.92 Å². The molecule has 0 radical (unpaired) electrons. The second kappa shape index (κ2) is 6.46. The lowest BCUT2D eigenvalue weighted by Crippen LogP contribution is -2.18. The van der Waals surface area contributed by atoms with Crippen LogP contribution in [0.5, 0.6) is 0 Å². The highest BCUT2D eigenvalue weighted by atomic mass is 16.5. The molecule has 26 heavy (non-hydrogen) atoms. The average Bonchev–Trinajstić information content (AvgIpc) is 3.11. The molecule has 0 spiro atoms. The zero-order valence-electron chi connectivity index (χ0n) is 14.2. The van der Waals surface area contributed by atoms with Crippen LogP contribution in [0.3, 0.4) is 0 Å². The number of imidazole rings is 1. The van der Waals surface area contributed by atoms with E-state index in [9.17, 15) is 4.79 Å². The summed E-state index contributed by atoms with van der Waals surface area (Å²) < 4.78 is 0. The van der Waals surface area contributed by atoms with E-state index in [0.29, 0.717) is 5.56 Å². The number of aromatic amines is 1. The number of nitrogens with zero attached hydrogens (tertiary/aromatic N) is 1. The minimum Gasteiger partial charge on any atom is -0.338 e. The fraction of sp³-hybridized carbons (Fsp3) is 0.0476. The first-order valence-corrected chi connectivity index (χ1v) is 8.27. The maximum Gasteiger partial charge on any atom is 0.274 e. The van der Waals surface area contributed by atoms with Gasteiger partial charge in [-0.2, -0.15) is 0 Å². The lowest BCUT2D eigenvalue weighted by molar-refractivity contribution is 0.0706. The molecule has 1 heterocycles. The number of rotatable bonds is 3. The second-order valence-corrected chi connectivity index (χ2v) is 6.10. The number of H-pyrrole nitrogens is 1. The lowest BCUT2D eigenvalue weighted by Gasteiger charge is -2.10. The fourth-order valence-corrected chi connectivity index (χ4v) is 3.17. The van der Waals surface area contributed by atoms with Gasteiger partial charge >= 0.3 is 0 Å². The first-order chi connectivity index (χ1) is 12.7. The van der Waals surface area contributed by atoms with E-state index in [0.717, 1.165) is 39.1 Å². The quantitative estimate of drug-likeness (QED) is 0.383. The molecule has 5 nitrogen and oxygen atoms in total. The van der Waals surface area contributed by atoms with E-state index in [1.54, 1.807) is 23.7 Å². The minimum atomic E-state index is -0.551. The summed E-state index contributed by atoms with van der Waals surface area (Å²) in [4.78, 5) is 19.5. The molecule has 5 heteroatoms. The monoisotopic (exact) mass is 343 g/mol. The topological polar surface area (TPSA) is 78.0 Å². The fourth-order valence-electron chi connectivity index (χ4n) is 3.17.